The second-order valence-corrected chi connectivity index (χ2v) is 3.52. The number of rotatable bonds is 3. The molecule has 0 saturated carbocycles. The van der Waals surface area contributed by atoms with Crippen LogP contribution in [-0.4, -0.2) is 31.7 Å². The number of anilines is 1. The molecule has 0 radical (unpaired) electrons. The lowest BCUT2D eigenvalue weighted by Gasteiger charge is -2.07. The van der Waals surface area contributed by atoms with E-state index in [1.165, 1.54) is 17.2 Å². The Morgan fingerprint density at radius 3 is 2.88 bits per heavy atom. The molecule has 2 rings (SSSR count). The van der Waals surface area contributed by atoms with Gasteiger partial charge in [-0.1, -0.05) is 0 Å². The van der Waals surface area contributed by atoms with E-state index in [2.05, 4.69) is 20.4 Å². The number of hydrogen-bond acceptors (Lipinski definition) is 5. The minimum atomic E-state index is -0.551. The molecule has 2 aromatic heterocycles. The first kappa shape index (κ1) is 11.2. The molecular weight excluding hydrogens is 220 g/mol. The summed E-state index contributed by atoms with van der Waals surface area (Å²) in [5, 5.41) is 6.58. The van der Waals surface area contributed by atoms with Crippen molar-refractivity contribution < 1.29 is 4.79 Å². The zero-order chi connectivity index (χ0) is 12.3. The summed E-state index contributed by atoms with van der Waals surface area (Å²) in [4.78, 5) is 19.3. The van der Waals surface area contributed by atoms with Crippen LogP contribution >= 0.6 is 0 Å². The molecule has 0 spiro atoms. The van der Waals surface area contributed by atoms with Crippen molar-refractivity contribution in [3.8, 4) is 5.82 Å². The molecule has 0 saturated heterocycles. The maximum atomic E-state index is 11.3. The topological polar surface area (TPSA) is 98.7 Å². The Morgan fingerprint density at radius 2 is 2.35 bits per heavy atom. The van der Waals surface area contributed by atoms with E-state index >= 15 is 0 Å². The van der Waals surface area contributed by atoms with Crippen LogP contribution in [0.5, 0.6) is 0 Å². The summed E-state index contributed by atoms with van der Waals surface area (Å²) in [7, 11) is 0. The highest BCUT2D eigenvalue weighted by molar-refractivity contribution is 5.94. The van der Waals surface area contributed by atoms with Crippen molar-refractivity contribution in [1.82, 2.24) is 19.7 Å². The van der Waals surface area contributed by atoms with E-state index < -0.39 is 6.04 Å². The fraction of sp³-hybridized carbons (Fsp3) is 0.200. The average molecular weight is 232 g/mol. The van der Waals surface area contributed by atoms with E-state index in [0.29, 0.717) is 11.5 Å². The third-order valence-electron chi connectivity index (χ3n) is 2.08. The average Bonchev–Trinajstić information content (AvgIpc) is 2.83. The Morgan fingerprint density at radius 1 is 1.53 bits per heavy atom. The number of pyridine rings is 1. The lowest BCUT2D eigenvalue weighted by atomic mass is 10.3. The van der Waals surface area contributed by atoms with Gasteiger partial charge >= 0.3 is 0 Å². The van der Waals surface area contributed by atoms with Crippen molar-refractivity contribution in [2.75, 3.05) is 5.32 Å². The van der Waals surface area contributed by atoms with Gasteiger partial charge in [-0.15, -0.1) is 0 Å². The molecule has 2 heterocycles. The Balaban J connectivity index is 2.11. The van der Waals surface area contributed by atoms with Crippen LogP contribution in [0.15, 0.2) is 31.0 Å². The van der Waals surface area contributed by atoms with E-state index in [0.717, 1.165) is 0 Å². The van der Waals surface area contributed by atoms with Crippen molar-refractivity contribution in [2.24, 2.45) is 5.73 Å². The van der Waals surface area contributed by atoms with Gasteiger partial charge in [-0.25, -0.2) is 14.6 Å². The number of nitrogens with zero attached hydrogens (tertiary/aromatic N) is 4. The molecule has 7 heteroatoms. The fourth-order valence-corrected chi connectivity index (χ4v) is 1.18. The molecule has 0 fully saturated rings. The monoisotopic (exact) mass is 232 g/mol. The Bertz CT molecular complexity index is 490. The lowest BCUT2D eigenvalue weighted by molar-refractivity contribution is -0.117. The van der Waals surface area contributed by atoms with Crippen molar-refractivity contribution in [2.45, 2.75) is 13.0 Å². The highest BCUT2D eigenvalue weighted by Crippen LogP contribution is 2.08. The van der Waals surface area contributed by atoms with Gasteiger partial charge in [-0.3, -0.25) is 4.79 Å². The second kappa shape index (κ2) is 4.71. The van der Waals surface area contributed by atoms with E-state index in [1.54, 1.807) is 25.4 Å². The van der Waals surface area contributed by atoms with Crippen molar-refractivity contribution >= 4 is 11.6 Å². The Kier molecular flexibility index (Phi) is 3.10. The molecule has 0 unspecified atom stereocenters. The smallest absolute Gasteiger partial charge is 0.241 e. The predicted octanol–water partition coefficient (Wildman–Crippen LogP) is -0.0520. The van der Waals surface area contributed by atoms with Gasteiger partial charge in [0.1, 0.15) is 12.7 Å². The zero-order valence-corrected chi connectivity index (χ0v) is 9.24. The first-order valence-electron chi connectivity index (χ1n) is 5.04. The third kappa shape index (κ3) is 2.64. The van der Waals surface area contributed by atoms with Gasteiger partial charge in [0.2, 0.25) is 5.91 Å². The molecule has 3 N–H and O–H groups in total. The molecule has 1 amide bonds. The molecule has 0 aliphatic carbocycles. The molecule has 0 aromatic carbocycles. The summed E-state index contributed by atoms with van der Waals surface area (Å²) in [6.45, 7) is 1.62. The third-order valence-corrected chi connectivity index (χ3v) is 2.08. The van der Waals surface area contributed by atoms with Crippen molar-refractivity contribution in [3.05, 3.63) is 31.0 Å². The van der Waals surface area contributed by atoms with Crippen molar-refractivity contribution in [3.63, 3.8) is 0 Å². The molecule has 7 nitrogen and oxygen atoms in total. The Hall–Kier alpha value is -2.28. The summed E-state index contributed by atoms with van der Waals surface area (Å²) < 4.78 is 1.52. The van der Waals surface area contributed by atoms with Crippen LogP contribution in [0.1, 0.15) is 6.92 Å². The minimum absolute atomic E-state index is 0.250. The number of amides is 1. The summed E-state index contributed by atoms with van der Waals surface area (Å²) >= 11 is 0. The number of nitrogens with two attached hydrogens (primary N) is 1. The number of carbonyl (C=O) groups is 1. The maximum absolute atomic E-state index is 11.3. The van der Waals surface area contributed by atoms with Crippen molar-refractivity contribution in [1.29, 1.82) is 0 Å². The van der Waals surface area contributed by atoms with Crippen LogP contribution in [0, 0.1) is 0 Å². The Labute approximate surface area is 97.7 Å². The predicted molar refractivity (Wildman–Crippen MR) is 61.4 cm³/mol. The van der Waals surface area contributed by atoms with Crippen LogP contribution in [0.25, 0.3) is 5.82 Å². The van der Waals surface area contributed by atoms with Crippen LogP contribution < -0.4 is 11.1 Å². The summed E-state index contributed by atoms with van der Waals surface area (Å²) in [5.41, 5.74) is 6.03. The molecule has 88 valence electrons. The van der Waals surface area contributed by atoms with E-state index in [-0.39, 0.29) is 5.91 Å². The first-order chi connectivity index (χ1) is 8.16. The van der Waals surface area contributed by atoms with Gasteiger partial charge in [-0.2, -0.15) is 5.10 Å². The second-order valence-electron chi connectivity index (χ2n) is 3.52. The van der Waals surface area contributed by atoms with E-state index in [4.69, 9.17) is 5.73 Å². The molecule has 2 aromatic rings. The van der Waals surface area contributed by atoms with Gasteiger partial charge in [-0.05, 0) is 19.1 Å². The van der Waals surface area contributed by atoms with Crippen LogP contribution in [0.2, 0.25) is 0 Å². The summed E-state index contributed by atoms with van der Waals surface area (Å²) in [6.07, 6.45) is 4.51. The number of carbonyl (C=O) groups excluding carboxylic acids is 1. The summed E-state index contributed by atoms with van der Waals surface area (Å²) in [5.74, 6) is 0.376. The number of hydrogen-bond donors (Lipinski definition) is 2. The van der Waals surface area contributed by atoms with Gasteiger partial charge in [0, 0.05) is 0 Å². The quantitative estimate of drug-likeness (QED) is 0.772. The van der Waals surface area contributed by atoms with E-state index in [1.807, 2.05) is 0 Å². The van der Waals surface area contributed by atoms with Crippen LogP contribution in [0.3, 0.4) is 0 Å². The SMILES string of the molecule is C[C@@H](N)C(=O)Nc1ccc(-n2cncn2)nc1. The van der Waals surface area contributed by atoms with Crippen LogP contribution in [-0.2, 0) is 4.79 Å². The lowest BCUT2D eigenvalue weighted by Crippen LogP contribution is -2.32. The normalized spacial score (nSPS) is 12.1. The van der Waals surface area contributed by atoms with E-state index in [9.17, 15) is 4.79 Å². The standard InChI is InChI=1S/C10H12N6O/c1-7(11)10(17)15-8-2-3-9(13-4-8)16-6-12-5-14-16/h2-7H,11H2,1H3,(H,15,17)/t7-/m1/s1. The first-order valence-corrected chi connectivity index (χ1v) is 5.04. The molecule has 0 aliphatic heterocycles. The molecule has 0 bridgehead atoms. The summed E-state index contributed by atoms with van der Waals surface area (Å²) in [6, 6.07) is 2.90. The molecule has 1 atom stereocenters. The maximum Gasteiger partial charge on any atom is 0.241 e. The largest absolute Gasteiger partial charge is 0.323 e. The highest BCUT2D eigenvalue weighted by atomic mass is 16.2. The highest BCUT2D eigenvalue weighted by Gasteiger charge is 2.07. The minimum Gasteiger partial charge on any atom is -0.323 e. The molecule has 0 aliphatic rings. The fourth-order valence-electron chi connectivity index (χ4n) is 1.18. The zero-order valence-electron chi connectivity index (χ0n) is 9.24. The van der Waals surface area contributed by atoms with Gasteiger partial charge in [0.15, 0.2) is 5.82 Å². The number of aromatic nitrogens is 4. The molecular formula is C10H12N6O. The van der Waals surface area contributed by atoms with Gasteiger partial charge in [0.25, 0.3) is 0 Å². The van der Waals surface area contributed by atoms with Gasteiger partial charge < -0.3 is 11.1 Å². The number of nitrogens with one attached hydrogen (secondary N) is 1. The van der Waals surface area contributed by atoms with Crippen LogP contribution in [0.4, 0.5) is 5.69 Å². The molecule has 17 heavy (non-hydrogen) atoms. The van der Waals surface area contributed by atoms with Gasteiger partial charge in [0.05, 0.1) is 17.9 Å².